The van der Waals surface area contributed by atoms with E-state index in [4.69, 9.17) is 4.74 Å². The van der Waals surface area contributed by atoms with Crippen LogP contribution in [-0.2, 0) is 12.7 Å². The molecule has 2 heterocycles. The van der Waals surface area contributed by atoms with Gasteiger partial charge in [0, 0.05) is 10.8 Å². The Labute approximate surface area is 191 Å². The number of ether oxygens (including phenoxy) is 1. The number of aromatic hydroxyl groups is 1. The number of fused-ring (bicyclic) bond motifs is 3. The van der Waals surface area contributed by atoms with Crippen molar-refractivity contribution in [1.82, 2.24) is 14.3 Å². The monoisotopic (exact) mass is 465 g/mol. The van der Waals surface area contributed by atoms with E-state index in [-0.39, 0.29) is 29.2 Å². The molecule has 0 atom stereocenters. The van der Waals surface area contributed by atoms with Crippen LogP contribution in [0.3, 0.4) is 0 Å². The van der Waals surface area contributed by atoms with E-state index < -0.39 is 11.7 Å². The van der Waals surface area contributed by atoms with Gasteiger partial charge in [-0.05, 0) is 48.0 Å². The highest BCUT2D eigenvalue weighted by molar-refractivity contribution is 6.05. The Hall–Kier alpha value is -4.27. The molecule has 0 unspecified atom stereocenters. The van der Waals surface area contributed by atoms with Gasteiger partial charge in [-0.3, -0.25) is 9.36 Å². The van der Waals surface area contributed by atoms with Gasteiger partial charge in [0.1, 0.15) is 16.8 Å². The van der Waals surface area contributed by atoms with Crippen molar-refractivity contribution in [2.24, 2.45) is 0 Å². The highest BCUT2D eigenvalue weighted by Crippen LogP contribution is 2.33. The SMILES string of the molecule is COc1ccc(Cn2c(=O)c3ccccc3c3nn(-c4ccc(C(F)(F)F)cc4)c(O)c32)cc1. The summed E-state index contributed by atoms with van der Waals surface area (Å²) in [6.07, 6.45) is -4.48. The number of alkyl halides is 3. The molecule has 5 rings (SSSR count). The first-order valence-corrected chi connectivity index (χ1v) is 10.3. The van der Waals surface area contributed by atoms with Gasteiger partial charge in [0.25, 0.3) is 5.56 Å². The maximum atomic E-state index is 13.4. The molecule has 2 aromatic heterocycles. The van der Waals surface area contributed by atoms with E-state index in [1.54, 1.807) is 43.5 Å². The molecule has 0 aliphatic rings. The number of benzene rings is 3. The van der Waals surface area contributed by atoms with E-state index in [1.165, 1.54) is 16.7 Å². The topological polar surface area (TPSA) is 69.3 Å². The minimum absolute atomic E-state index is 0.149. The number of rotatable bonds is 4. The minimum atomic E-state index is -4.48. The third-order valence-corrected chi connectivity index (χ3v) is 5.70. The van der Waals surface area contributed by atoms with Gasteiger partial charge in [0.05, 0.1) is 24.9 Å². The molecule has 0 aliphatic heterocycles. The van der Waals surface area contributed by atoms with Crippen LogP contribution in [0.15, 0.2) is 77.6 Å². The normalized spacial score (nSPS) is 11.9. The van der Waals surface area contributed by atoms with Gasteiger partial charge in [0.15, 0.2) is 0 Å². The van der Waals surface area contributed by atoms with Crippen LogP contribution in [0.1, 0.15) is 11.1 Å². The number of aromatic nitrogens is 3. The summed E-state index contributed by atoms with van der Waals surface area (Å²) in [5.74, 6) is 0.323. The van der Waals surface area contributed by atoms with Gasteiger partial charge in [-0.25, -0.2) is 0 Å². The lowest BCUT2D eigenvalue weighted by molar-refractivity contribution is -0.137. The van der Waals surface area contributed by atoms with Gasteiger partial charge in [-0.15, -0.1) is 0 Å². The van der Waals surface area contributed by atoms with Crippen LogP contribution in [0.2, 0.25) is 0 Å². The molecule has 0 amide bonds. The van der Waals surface area contributed by atoms with Crippen LogP contribution < -0.4 is 10.3 Å². The van der Waals surface area contributed by atoms with Gasteiger partial charge >= 0.3 is 6.18 Å². The summed E-state index contributed by atoms with van der Waals surface area (Å²) in [6.45, 7) is 0.149. The number of hydrogen-bond acceptors (Lipinski definition) is 4. The van der Waals surface area contributed by atoms with Crippen molar-refractivity contribution in [2.45, 2.75) is 12.7 Å². The van der Waals surface area contributed by atoms with Gasteiger partial charge in [-0.2, -0.15) is 23.0 Å². The molecule has 9 heteroatoms. The van der Waals surface area contributed by atoms with E-state index in [1.807, 2.05) is 12.1 Å². The lowest BCUT2D eigenvalue weighted by Crippen LogP contribution is -2.21. The first-order valence-electron chi connectivity index (χ1n) is 10.3. The number of pyridine rings is 1. The summed E-state index contributed by atoms with van der Waals surface area (Å²) in [4.78, 5) is 13.4. The molecule has 0 radical (unpaired) electrons. The lowest BCUT2D eigenvalue weighted by Gasteiger charge is -2.11. The Morgan fingerprint density at radius 1 is 0.941 bits per heavy atom. The number of hydrogen-bond donors (Lipinski definition) is 1. The molecule has 3 aromatic carbocycles. The van der Waals surface area contributed by atoms with Crippen LogP contribution in [0.4, 0.5) is 13.2 Å². The van der Waals surface area contributed by atoms with Crippen molar-refractivity contribution in [3.05, 3.63) is 94.3 Å². The van der Waals surface area contributed by atoms with Crippen molar-refractivity contribution < 1.29 is 23.0 Å². The van der Waals surface area contributed by atoms with Crippen LogP contribution in [-0.4, -0.2) is 26.6 Å². The summed E-state index contributed by atoms with van der Waals surface area (Å²) >= 11 is 0. The fourth-order valence-electron chi connectivity index (χ4n) is 3.99. The summed E-state index contributed by atoms with van der Waals surface area (Å²) in [5, 5.41) is 16.5. The first-order chi connectivity index (χ1) is 16.3. The predicted octanol–water partition coefficient (Wildman–Crippen LogP) is 5.12. The predicted molar refractivity (Wildman–Crippen MR) is 122 cm³/mol. The Bertz CT molecular complexity index is 1570. The van der Waals surface area contributed by atoms with Crippen molar-refractivity contribution in [3.63, 3.8) is 0 Å². The van der Waals surface area contributed by atoms with Crippen LogP contribution in [0.5, 0.6) is 11.6 Å². The van der Waals surface area contributed by atoms with Crippen molar-refractivity contribution in [3.8, 4) is 17.3 Å². The standard InChI is InChI=1S/C25H18F3N3O3/c1-34-18-12-6-15(7-13-18)14-30-22-21(19-4-2-3-5-20(19)23(30)32)29-31(24(22)33)17-10-8-16(9-11-17)25(26,27)28/h2-13,33H,14H2,1H3. The molecule has 5 aromatic rings. The Balaban J connectivity index is 1.73. The Kier molecular flexibility index (Phi) is 5.04. The van der Waals surface area contributed by atoms with Gasteiger partial charge in [-0.1, -0.05) is 30.3 Å². The molecule has 0 spiro atoms. The summed E-state index contributed by atoms with van der Waals surface area (Å²) in [5.41, 5.74) is 0.450. The highest BCUT2D eigenvalue weighted by Gasteiger charge is 2.30. The van der Waals surface area contributed by atoms with E-state index in [0.29, 0.717) is 22.0 Å². The summed E-state index contributed by atoms with van der Waals surface area (Å²) in [7, 11) is 1.56. The van der Waals surface area contributed by atoms with E-state index in [0.717, 1.165) is 22.4 Å². The highest BCUT2D eigenvalue weighted by atomic mass is 19.4. The smallest absolute Gasteiger partial charge is 0.416 e. The molecule has 6 nitrogen and oxygen atoms in total. The maximum Gasteiger partial charge on any atom is 0.416 e. The third-order valence-electron chi connectivity index (χ3n) is 5.70. The zero-order chi connectivity index (χ0) is 24.0. The molecule has 0 saturated heterocycles. The van der Waals surface area contributed by atoms with Gasteiger partial charge < -0.3 is 9.84 Å². The largest absolute Gasteiger partial charge is 0.497 e. The number of methoxy groups -OCH3 is 1. The fourth-order valence-corrected chi connectivity index (χ4v) is 3.99. The molecule has 1 N–H and O–H groups in total. The second kappa shape index (κ2) is 7.95. The molecular formula is C25H18F3N3O3. The number of nitrogens with zero attached hydrogens (tertiary/aromatic N) is 3. The second-order valence-corrected chi connectivity index (χ2v) is 7.76. The zero-order valence-electron chi connectivity index (χ0n) is 17.9. The van der Waals surface area contributed by atoms with E-state index >= 15 is 0 Å². The van der Waals surface area contributed by atoms with Crippen LogP contribution in [0, 0.1) is 0 Å². The average molecular weight is 465 g/mol. The van der Waals surface area contributed by atoms with Crippen LogP contribution in [0.25, 0.3) is 27.5 Å². The fraction of sp³-hybridized carbons (Fsp3) is 0.120. The quantitative estimate of drug-likeness (QED) is 0.400. The molecule has 0 aliphatic carbocycles. The molecule has 172 valence electrons. The Morgan fingerprint density at radius 3 is 2.21 bits per heavy atom. The first kappa shape index (κ1) is 21.6. The Morgan fingerprint density at radius 2 is 1.59 bits per heavy atom. The minimum Gasteiger partial charge on any atom is -0.497 e. The van der Waals surface area contributed by atoms with Gasteiger partial charge in [0.2, 0.25) is 5.88 Å². The average Bonchev–Trinajstić information content (AvgIpc) is 3.19. The molecule has 0 bridgehead atoms. The molecule has 34 heavy (non-hydrogen) atoms. The second-order valence-electron chi connectivity index (χ2n) is 7.76. The number of halogens is 3. The zero-order valence-corrected chi connectivity index (χ0v) is 17.9. The summed E-state index contributed by atoms with van der Waals surface area (Å²) in [6, 6.07) is 18.3. The van der Waals surface area contributed by atoms with E-state index in [9.17, 15) is 23.1 Å². The molecular weight excluding hydrogens is 447 g/mol. The van der Waals surface area contributed by atoms with E-state index in [2.05, 4.69) is 5.10 Å². The summed E-state index contributed by atoms with van der Waals surface area (Å²) < 4.78 is 46.7. The van der Waals surface area contributed by atoms with Crippen molar-refractivity contribution in [1.29, 1.82) is 0 Å². The maximum absolute atomic E-state index is 13.4. The lowest BCUT2D eigenvalue weighted by atomic mass is 10.1. The molecule has 0 saturated carbocycles. The third kappa shape index (κ3) is 3.55. The van der Waals surface area contributed by atoms with Crippen LogP contribution >= 0.6 is 0 Å². The van der Waals surface area contributed by atoms with Crippen molar-refractivity contribution >= 4 is 21.8 Å². The van der Waals surface area contributed by atoms with Crippen molar-refractivity contribution in [2.75, 3.05) is 7.11 Å². The molecule has 0 fully saturated rings.